The predicted molar refractivity (Wildman–Crippen MR) is 75.9 cm³/mol. The zero-order valence-corrected chi connectivity index (χ0v) is 11.8. The van der Waals surface area contributed by atoms with Crippen LogP contribution >= 0.6 is 0 Å². The van der Waals surface area contributed by atoms with Gasteiger partial charge in [-0.2, -0.15) is 0 Å². The SMILES string of the molecule is CC(C)c1ccc(CC2(CO)CCN(C)C2)cc1. The molecule has 1 N–H and O–H groups in total. The highest BCUT2D eigenvalue weighted by atomic mass is 16.3. The van der Waals surface area contributed by atoms with Gasteiger partial charge in [0.1, 0.15) is 0 Å². The van der Waals surface area contributed by atoms with Crippen molar-refractivity contribution in [1.29, 1.82) is 0 Å². The summed E-state index contributed by atoms with van der Waals surface area (Å²) in [5, 5.41) is 9.71. The summed E-state index contributed by atoms with van der Waals surface area (Å²) in [5.41, 5.74) is 2.82. The van der Waals surface area contributed by atoms with E-state index in [4.69, 9.17) is 0 Å². The lowest BCUT2D eigenvalue weighted by Crippen LogP contribution is -2.31. The molecule has 0 amide bonds. The molecule has 100 valence electrons. The Morgan fingerprint density at radius 1 is 1.28 bits per heavy atom. The fraction of sp³-hybridized carbons (Fsp3) is 0.625. The van der Waals surface area contributed by atoms with Crippen molar-refractivity contribution in [2.75, 3.05) is 26.7 Å². The second kappa shape index (κ2) is 5.41. The van der Waals surface area contributed by atoms with Gasteiger partial charge in [0.25, 0.3) is 0 Å². The van der Waals surface area contributed by atoms with Crippen LogP contribution in [0.1, 0.15) is 37.3 Å². The van der Waals surface area contributed by atoms with E-state index in [-0.39, 0.29) is 5.41 Å². The van der Waals surface area contributed by atoms with Crippen molar-refractivity contribution >= 4 is 0 Å². The molecule has 1 aromatic rings. The summed E-state index contributed by atoms with van der Waals surface area (Å²) in [4.78, 5) is 2.32. The average Bonchev–Trinajstić information content (AvgIpc) is 2.72. The molecule has 0 bridgehead atoms. The van der Waals surface area contributed by atoms with Gasteiger partial charge in [0, 0.05) is 12.0 Å². The molecule has 1 saturated heterocycles. The van der Waals surface area contributed by atoms with Crippen LogP contribution in [-0.4, -0.2) is 36.8 Å². The molecule has 2 rings (SSSR count). The summed E-state index contributed by atoms with van der Waals surface area (Å²) in [6.07, 6.45) is 2.10. The second-order valence-corrected chi connectivity index (χ2v) is 6.22. The molecule has 1 aliphatic rings. The summed E-state index contributed by atoms with van der Waals surface area (Å²) >= 11 is 0. The molecule has 18 heavy (non-hydrogen) atoms. The lowest BCUT2D eigenvalue weighted by Gasteiger charge is -2.26. The summed E-state index contributed by atoms with van der Waals surface area (Å²) in [6, 6.07) is 8.91. The Balaban J connectivity index is 2.08. The minimum atomic E-state index is 0.0775. The first-order valence-electron chi connectivity index (χ1n) is 6.93. The van der Waals surface area contributed by atoms with Crippen LogP contribution in [0, 0.1) is 5.41 Å². The van der Waals surface area contributed by atoms with E-state index in [1.165, 1.54) is 11.1 Å². The Morgan fingerprint density at radius 3 is 2.39 bits per heavy atom. The molecule has 2 nitrogen and oxygen atoms in total. The Bertz CT molecular complexity index is 385. The van der Waals surface area contributed by atoms with Gasteiger partial charge in [-0.25, -0.2) is 0 Å². The minimum Gasteiger partial charge on any atom is -0.396 e. The van der Waals surface area contributed by atoms with E-state index < -0.39 is 0 Å². The first-order chi connectivity index (χ1) is 8.54. The van der Waals surface area contributed by atoms with Gasteiger partial charge < -0.3 is 10.0 Å². The highest BCUT2D eigenvalue weighted by molar-refractivity contribution is 5.25. The van der Waals surface area contributed by atoms with Crippen molar-refractivity contribution in [3.05, 3.63) is 35.4 Å². The molecule has 1 heterocycles. The van der Waals surface area contributed by atoms with Gasteiger partial charge >= 0.3 is 0 Å². The fourth-order valence-electron chi connectivity index (χ4n) is 2.94. The zero-order valence-electron chi connectivity index (χ0n) is 11.8. The highest BCUT2D eigenvalue weighted by Crippen LogP contribution is 2.33. The molecule has 1 atom stereocenters. The third-order valence-corrected chi connectivity index (χ3v) is 4.19. The standard InChI is InChI=1S/C16H25NO/c1-13(2)15-6-4-14(5-7-15)10-16(12-18)8-9-17(3)11-16/h4-7,13,18H,8-12H2,1-3H3. The molecule has 0 radical (unpaired) electrons. The largest absolute Gasteiger partial charge is 0.396 e. The van der Waals surface area contributed by atoms with Crippen LogP contribution in [0.2, 0.25) is 0 Å². The predicted octanol–water partition coefficient (Wildman–Crippen LogP) is 2.67. The van der Waals surface area contributed by atoms with Gasteiger partial charge in [-0.05, 0) is 43.5 Å². The van der Waals surface area contributed by atoms with Crippen molar-refractivity contribution in [3.63, 3.8) is 0 Å². The Labute approximate surface area is 111 Å². The Hall–Kier alpha value is -0.860. The molecule has 1 aliphatic heterocycles. The maximum atomic E-state index is 9.71. The number of nitrogens with zero attached hydrogens (tertiary/aromatic N) is 1. The fourth-order valence-corrected chi connectivity index (χ4v) is 2.94. The van der Waals surface area contributed by atoms with Crippen molar-refractivity contribution in [2.24, 2.45) is 5.41 Å². The maximum Gasteiger partial charge on any atom is 0.0503 e. The van der Waals surface area contributed by atoms with Gasteiger partial charge in [-0.1, -0.05) is 38.1 Å². The number of aliphatic hydroxyl groups excluding tert-OH is 1. The molecule has 0 spiro atoms. The van der Waals surface area contributed by atoms with Gasteiger partial charge in [0.2, 0.25) is 0 Å². The number of aliphatic hydroxyl groups is 1. The number of hydrogen-bond donors (Lipinski definition) is 1. The van der Waals surface area contributed by atoms with E-state index in [2.05, 4.69) is 50.1 Å². The average molecular weight is 247 g/mol. The second-order valence-electron chi connectivity index (χ2n) is 6.22. The quantitative estimate of drug-likeness (QED) is 0.884. The first kappa shape index (κ1) is 13.6. The van der Waals surface area contributed by atoms with Crippen LogP contribution in [0.4, 0.5) is 0 Å². The van der Waals surface area contributed by atoms with E-state index in [0.717, 1.165) is 25.9 Å². The summed E-state index contributed by atoms with van der Waals surface area (Å²) in [7, 11) is 2.14. The van der Waals surface area contributed by atoms with E-state index in [1.807, 2.05) is 0 Å². The molecule has 0 aliphatic carbocycles. The third kappa shape index (κ3) is 2.93. The molecule has 0 saturated carbocycles. The minimum absolute atomic E-state index is 0.0775. The molecular formula is C16H25NO. The lowest BCUT2D eigenvalue weighted by atomic mass is 9.81. The highest BCUT2D eigenvalue weighted by Gasteiger charge is 2.36. The summed E-state index contributed by atoms with van der Waals surface area (Å²) in [6.45, 7) is 6.84. The van der Waals surface area contributed by atoms with Crippen molar-refractivity contribution < 1.29 is 5.11 Å². The zero-order chi connectivity index (χ0) is 13.2. The van der Waals surface area contributed by atoms with Crippen LogP contribution in [0.3, 0.4) is 0 Å². The van der Waals surface area contributed by atoms with Crippen LogP contribution < -0.4 is 0 Å². The van der Waals surface area contributed by atoms with Crippen LogP contribution in [0.5, 0.6) is 0 Å². The molecule has 0 aromatic heterocycles. The van der Waals surface area contributed by atoms with E-state index in [0.29, 0.717) is 12.5 Å². The Morgan fingerprint density at radius 2 is 1.94 bits per heavy atom. The van der Waals surface area contributed by atoms with Gasteiger partial charge in [-0.3, -0.25) is 0 Å². The first-order valence-corrected chi connectivity index (χ1v) is 6.93. The van der Waals surface area contributed by atoms with Crippen molar-refractivity contribution in [3.8, 4) is 0 Å². The molecule has 1 unspecified atom stereocenters. The van der Waals surface area contributed by atoms with Crippen LogP contribution in [-0.2, 0) is 6.42 Å². The van der Waals surface area contributed by atoms with Crippen LogP contribution in [0.25, 0.3) is 0 Å². The summed E-state index contributed by atoms with van der Waals surface area (Å²) < 4.78 is 0. The smallest absolute Gasteiger partial charge is 0.0503 e. The van der Waals surface area contributed by atoms with E-state index in [1.54, 1.807) is 0 Å². The van der Waals surface area contributed by atoms with E-state index in [9.17, 15) is 5.11 Å². The number of benzene rings is 1. The molecule has 2 heteroatoms. The lowest BCUT2D eigenvalue weighted by molar-refractivity contribution is 0.132. The number of likely N-dealkylation sites (tertiary alicyclic amines) is 1. The topological polar surface area (TPSA) is 23.5 Å². The normalized spacial score (nSPS) is 24.9. The molecule has 1 fully saturated rings. The maximum absolute atomic E-state index is 9.71. The monoisotopic (exact) mass is 247 g/mol. The van der Waals surface area contributed by atoms with Crippen LogP contribution in [0.15, 0.2) is 24.3 Å². The van der Waals surface area contributed by atoms with Gasteiger partial charge in [0.15, 0.2) is 0 Å². The third-order valence-electron chi connectivity index (χ3n) is 4.19. The van der Waals surface area contributed by atoms with Crippen molar-refractivity contribution in [2.45, 2.75) is 32.6 Å². The summed E-state index contributed by atoms with van der Waals surface area (Å²) in [5.74, 6) is 0.587. The molecule has 1 aromatic carbocycles. The van der Waals surface area contributed by atoms with E-state index >= 15 is 0 Å². The van der Waals surface area contributed by atoms with Gasteiger partial charge in [0.05, 0.1) is 6.61 Å². The van der Waals surface area contributed by atoms with Crippen molar-refractivity contribution in [1.82, 2.24) is 4.90 Å². The number of rotatable bonds is 4. The molecular weight excluding hydrogens is 222 g/mol. The van der Waals surface area contributed by atoms with Gasteiger partial charge in [-0.15, -0.1) is 0 Å². The Kier molecular flexibility index (Phi) is 4.08. The number of hydrogen-bond acceptors (Lipinski definition) is 2.